The third-order valence-corrected chi connectivity index (χ3v) is 5.52. The van der Waals surface area contributed by atoms with Crippen LogP contribution in [-0.2, 0) is 19.6 Å². The Balaban J connectivity index is 1.89. The lowest BCUT2D eigenvalue weighted by atomic mass is 9.98. The Kier molecular flexibility index (Phi) is 6.15. The predicted molar refractivity (Wildman–Crippen MR) is 87.5 cm³/mol. The summed E-state index contributed by atoms with van der Waals surface area (Å²) in [6.07, 6.45) is 1.90. The van der Waals surface area contributed by atoms with E-state index in [0.29, 0.717) is 13.1 Å². The molecule has 1 aliphatic rings. The SMILES string of the molecule is COC(=O)CN1CCCC(CNS(=O)(=O)c2ccc(C)cc2)C1. The molecule has 1 aromatic carbocycles. The highest BCUT2D eigenvalue weighted by Crippen LogP contribution is 2.17. The molecule has 0 aromatic heterocycles. The van der Waals surface area contributed by atoms with E-state index in [-0.39, 0.29) is 23.3 Å². The molecule has 1 fully saturated rings. The maximum atomic E-state index is 12.3. The zero-order valence-electron chi connectivity index (χ0n) is 13.6. The highest BCUT2D eigenvalue weighted by atomic mass is 32.2. The Labute approximate surface area is 137 Å². The smallest absolute Gasteiger partial charge is 0.319 e. The number of sulfonamides is 1. The lowest BCUT2D eigenvalue weighted by molar-refractivity contribution is -0.142. The van der Waals surface area contributed by atoms with Gasteiger partial charge in [-0.05, 0) is 44.4 Å². The minimum atomic E-state index is -3.48. The number of benzene rings is 1. The van der Waals surface area contributed by atoms with E-state index in [2.05, 4.69) is 9.46 Å². The maximum absolute atomic E-state index is 12.3. The van der Waals surface area contributed by atoms with E-state index in [9.17, 15) is 13.2 Å². The summed E-state index contributed by atoms with van der Waals surface area (Å²) in [5.74, 6) is -0.0560. The van der Waals surface area contributed by atoms with E-state index in [1.165, 1.54) is 7.11 Å². The van der Waals surface area contributed by atoms with Crippen LogP contribution in [-0.4, -0.2) is 52.6 Å². The molecule has 1 saturated heterocycles. The Hall–Kier alpha value is -1.44. The average Bonchev–Trinajstić information content (AvgIpc) is 2.54. The summed E-state index contributed by atoms with van der Waals surface area (Å²) in [6, 6.07) is 6.80. The summed E-state index contributed by atoms with van der Waals surface area (Å²) in [6.45, 7) is 4.11. The van der Waals surface area contributed by atoms with Crippen molar-refractivity contribution in [2.24, 2.45) is 5.92 Å². The summed E-state index contributed by atoms with van der Waals surface area (Å²) in [7, 11) is -2.11. The van der Waals surface area contributed by atoms with Gasteiger partial charge < -0.3 is 4.74 Å². The van der Waals surface area contributed by atoms with E-state index in [0.717, 1.165) is 24.9 Å². The van der Waals surface area contributed by atoms with Crippen molar-refractivity contribution in [1.82, 2.24) is 9.62 Å². The lowest BCUT2D eigenvalue weighted by Gasteiger charge is -2.31. The first-order valence-electron chi connectivity index (χ1n) is 7.76. The number of methoxy groups -OCH3 is 1. The second-order valence-corrected chi connectivity index (χ2v) is 7.75. The fourth-order valence-electron chi connectivity index (χ4n) is 2.74. The molecular formula is C16H24N2O4S. The quantitative estimate of drug-likeness (QED) is 0.787. The molecule has 2 rings (SSSR count). The molecule has 7 heteroatoms. The highest BCUT2D eigenvalue weighted by Gasteiger charge is 2.23. The van der Waals surface area contributed by atoms with Crippen LogP contribution in [0.3, 0.4) is 0 Å². The van der Waals surface area contributed by atoms with Gasteiger partial charge in [0.2, 0.25) is 10.0 Å². The first-order chi connectivity index (χ1) is 10.9. The van der Waals surface area contributed by atoms with Crippen LogP contribution < -0.4 is 4.72 Å². The van der Waals surface area contributed by atoms with Crippen molar-refractivity contribution in [2.45, 2.75) is 24.7 Å². The van der Waals surface area contributed by atoms with Crippen molar-refractivity contribution >= 4 is 16.0 Å². The normalized spacial score (nSPS) is 19.5. The van der Waals surface area contributed by atoms with Gasteiger partial charge in [-0.1, -0.05) is 17.7 Å². The molecule has 1 unspecified atom stereocenters. The number of hydrogen-bond acceptors (Lipinski definition) is 5. The number of likely N-dealkylation sites (tertiary alicyclic amines) is 1. The number of rotatable bonds is 6. The van der Waals surface area contributed by atoms with Crippen molar-refractivity contribution in [3.63, 3.8) is 0 Å². The van der Waals surface area contributed by atoms with Gasteiger partial charge in [-0.25, -0.2) is 13.1 Å². The number of ether oxygens (including phenoxy) is 1. The zero-order chi connectivity index (χ0) is 16.9. The Morgan fingerprint density at radius 1 is 1.35 bits per heavy atom. The maximum Gasteiger partial charge on any atom is 0.319 e. The standard InChI is InChI=1S/C16H24N2O4S/c1-13-5-7-15(8-6-13)23(20,21)17-10-14-4-3-9-18(11-14)12-16(19)22-2/h5-8,14,17H,3-4,9-12H2,1-2H3. The van der Waals surface area contributed by atoms with E-state index < -0.39 is 10.0 Å². The van der Waals surface area contributed by atoms with Gasteiger partial charge in [0.25, 0.3) is 0 Å². The zero-order valence-corrected chi connectivity index (χ0v) is 14.4. The molecule has 23 heavy (non-hydrogen) atoms. The van der Waals surface area contributed by atoms with Crippen LogP contribution in [0.15, 0.2) is 29.2 Å². The summed E-state index contributed by atoms with van der Waals surface area (Å²) < 4.78 is 31.9. The van der Waals surface area contributed by atoms with Gasteiger partial charge in [0.1, 0.15) is 0 Å². The fourth-order valence-corrected chi connectivity index (χ4v) is 3.85. The number of hydrogen-bond donors (Lipinski definition) is 1. The molecule has 1 heterocycles. The molecule has 0 bridgehead atoms. The largest absolute Gasteiger partial charge is 0.468 e. The van der Waals surface area contributed by atoms with Gasteiger partial charge in [0.15, 0.2) is 0 Å². The van der Waals surface area contributed by atoms with Crippen LogP contribution in [0.4, 0.5) is 0 Å². The first-order valence-corrected chi connectivity index (χ1v) is 9.24. The topological polar surface area (TPSA) is 75.7 Å². The molecule has 128 valence electrons. The molecule has 6 nitrogen and oxygen atoms in total. The number of esters is 1. The summed E-state index contributed by atoms with van der Waals surface area (Å²) in [5.41, 5.74) is 1.02. The number of carbonyl (C=O) groups is 1. The molecule has 0 aliphatic carbocycles. The van der Waals surface area contributed by atoms with Gasteiger partial charge in [-0.15, -0.1) is 0 Å². The van der Waals surface area contributed by atoms with Gasteiger partial charge in [0, 0.05) is 13.1 Å². The van der Waals surface area contributed by atoms with E-state index >= 15 is 0 Å². The molecule has 1 aromatic rings. The second-order valence-electron chi connectivity index (χ2n) is 5.98. The Bertz CT molecular complexity index is 628. The van der Waals surface area contributed by atoms with Crippen molar-refractivity contribution in [2.75, 3.05) is 33.3 Å². The number of nitrogens with one attached hydrogen (secondary N) is 1. The fraction of sp³-hybridized carbons (Fsp3) is 0.562. The predicted octanol–water partition coefficient (Wildman–Crippen LogP) is 1.16. The monoisotopic (exact) mass is 340 g/mol. The summed E-state index contributed by atoms with van der Waals surface area (Å²) >= 11 is 0. The molecule has 1 N–H and O–H groups in total. The van der Waals surface area contributed by atoms with E-state index in [1.54, 1.807) is 24.3 Å². The van der Waals surface area contributed by atoms with Crippen LogP contribution >= 0.6 is 0 Å². The van der Waals surface area contributed by atoms with Crippen LogP contribution in [0.2, 0.25) is 0 Å². The van der Waals surface area contributed by atoms with Gasteiger partial charge in [-0.2, -0.15) is 0 Å². The molecule has 1 atom stereocenters. The lowest BCUT2D eigenvalue weighted by Crippen LogP contribution is -2.43. The number of piperidine rings is 1. The third kappa shape index (κ3) is 5.30. The Morgan fingerprint density at radius 3 is 2.70 bits per heavy atom. The molecule has 0 spiro atoms. The number of carbonyl (C=O) groups excluding carboxylic acids is 1. The second kappa shape index (κ2) is 7.90. The first kappa shape index (κ1) is 17.9. The van der Waals surface area contributed by atoms with Crippen LogP contribution in [0, 0.1) is 12.8 Å². The van der Waals surface area contributed by atoms with E-state index in [4.69, 9.17) is 0 Å². The van der Waals surface area contributed by atoms with Crippen molar-refractivity contribution in [3.8, 4) is 0 Å². The van der Waals surface area contributed by atoms with E-state index in [1.807, 2.05) is 11.8 Å². The van der Waals surface area contributed by atoms with Crippen LogP contribution in [0.25, 0.3) is 0 Å². The third-order valence-electron chi connectivity index (χ3n) is 4.08. The highest BCUT2D eigenvalue weighted by molar-refractivity contribution is 7.89. The minimum absolute atomic E-state index is 0.202. The molecule has 0 radical (unpaired) electrons. The van der Waals surface area contributed by atoms with Crippen molar-refractivity contribution < 1.29 is 17.9 Å². The number of aryl methyl sites for hydroxylation is 1. The Morgan fingerprint density at radius 2 is 2.04 bits per heavy atom. The molecule has 0 saturated carbocycles. The molecule has 0 amide bonds. The van der Waals surface area contributed by atoms with Gasteiger partial charge in [-0.3, -0.25) is 9.69 Å². The summed E-state index contributed by atoms with van der Waals surface area (Å²) in [4.78, 5) is 13.6. The van der Waals surface area contributed by atoms with Crippen LogP contribution in [0.1, 0.15) is 18.4 Å². The van der Waals surface area contributed by atoms with Crippen molar-refractivity contribution in [3.05, 3.63) is 29.8 Å². The molecule has 1 aliphatic heterocycles. The van der Waals surface area contributed by atoms with Crippen LogP contribution in [0.5, 0.6) is 0 Å². The van der Waals surface area contributed by atoms with Crippen molar-refractivity contribution in [1.29, 1.82) is 0 Å². The van der Waals surface area contributed by atoms with Gasteiger partial charge in [0.05, 0.1) is 18.6 Å². The average molecular weight is 340 g/mol. The minimum Gasteiger partial charge on any atom is -0.468 e. The summed E-state index contributed by atoms with van der Waals surface area (Å²) in [5, 5.41) is 0. The number of nitrogens with zero attached hydrogens (tertiary/aromatic N) is 1. The van der Waals surface area contributed by atoms with Gasteiger partial charge >= 0.3 is 5.97 Å². The molecular weight excluding hydrogens is 316 g/mol.